The van der Waals surface area contributed by atoms with Gasteiger partial charge in [-0.05, 0) is 64.2 Å². The van der Waals surface area contributed by atoms with Crippen molar-refractivity contribution < 1.29 is 9.13 Å². The van der Waals surface area contributed by atoms with Gasteiger partial charge in [0.15, 0.2) is 11.6 Å². The Morgan fingerprint density at radius 3 is 2.53 bits per heavy atom. The van der Waals surface area contributed by atoms with Gasteiger partial charge in [0.2, 0.25) is 0 Å². The number of benzene rings is 1. The molecule has 19 heavy (non-hydrogen) atoms. The van der Waals surface area contributed by atoms with E-state index in [1.54, 1.807) is 12.1 Å². The van der Waals surface area contributed by atoms with Gasteiger partial charge in [0.05, 0.1) is 6.10 Å². The molecule has 0 bridgehead atoms. The SMILES string of the molecule is CC(C)(C)NCc1ccc(OC2CCCC2)c(F)c1. The smallest absolute Gasteiger partial charge is 0.165 e. The third-order valence-electron chi connectivity index (χ3n) is 3.41. The molecule has 0 unspecified atom stereocenters. The molecule has 2 rings (SSSR count). The standard InChI is InChI=1S/C16H24FNO/c1-16(2,3)18-11-12-8-9-15(14(17)10-12)19-13-6-4-5-7-13/h8-10,13,18H,4-7,11H2,1-3H3. The van der Waals surface area contributed by atoms with Crippen molar-refractivity contribution in [1.29, 1.82) is 0 Å². The fourth-order valence-corrected chi connectivity index (χ4v) is 2.30. The van der Waals surface area contributed by atoms with Crippen molar-refractivity contribution in [2.24, 2.45) is 0 Å². The number of ether oxygens (including phenoxy) is 1. The van der Waals surface area contributed by atoms with Crippen LogP contribution >= 0.6 is 0 Å². The summed E-state index contributed by atoms with van der Waals surface area (Å²) in [6, 6.07) is 5.27. The molecule has 1 aromatic carbocycles. The largest absolute Gasteiger partial charge is 0.487 e. The molecule has 0 heterocycles. The topological polar surface area (TPSA) is 21.3 Å². The first kappa shape index (κ1) is 14.3. The van der Waals surface area contributed by atoms with Crippen molar-refractivity contribution in [3.8, 4) is 5.75 Å². The first-order valence-electron chi connectivity index (χ1n) is 7.14. The summed E-state index contributed by atoms with van der Waals surface area (Å²) in [4.78, 5) is 0. The van der Waals surface area contributed by atoms with Crippen LogP contribution in [0.25, 0.3) is 0 Å². The minimum atomic E-state index is -0.250. The number of hydrogen-bond acceptors (Lipinski definition) is 2. The second kappa shape index (κ2) is 5.91. The number of halogens is 1. The van der Waals surface area contributed by atoms with Crippen LogP contribution in [0.3, 0.4) is 0 Å². The van der Waals surface area contributed by atoms with Crippen LogP contribution in [0, 0.1) is 5.82 Å². The predicted molar refractivity (Wildman–Crippen MR) is 75.9 cm³/mol. The third-order valence-corrected chi connectivity index (χ3v) is 3.41. The molecule has 1 aliphatic rings. The van der Waals surface area contributed by atoms with Crippen LogP contribution in [-0.4, -0.2) is 11.6 Å². The summed E-state index contributed by atoms with van der Waals surface area (Å²) in [7, 11) is 0. The zero-order chi connectivity index (χ0) is 13.9. The molecule has 1 fully saturated rings. The van der Waals surface area contributed by atoms with E-state index in [2.05, 4.69) is 26.1 Å². The van der Waals surface area contributed by atoms with Gasteiger partial charge in [0.1, 0.15) is 0 Å². The van der Waals surface area contributed by atoms with E-state index in [0.717, 1.165) is 18.4 Å². The van der Waals surface area contributed by atoms with Gasteiger partial charge in [-0.25, -0.2) is 4.39 Å². The lowest BCUT2D eigenvalue weighted by Crippen LogP contribution is -2.35. The van der Waals surface area contributed by atoms with Crippen LogP contribution in [0.2, 0.25) is 0 Å². The molecular formula is C16H24FNO. The molecule has 0 atom stereocenters. The maximum Gasteiger partial charge on any atom is 0.165 e. The van der Waals surface area contributed by atoms with Crippen molar-refractivity contribution in [2.75, 3.05) is 0 Å². The minimum Gasteiger partial charge on any atom is -0.487 e. The molecule has 3 heteroatoms. The van der Waals surface area contributed by atoms with E-state index in [9.17, 15) is 4.39 Å². The van der Waals surface area contributed by atoms with Gasteiger partial charge in [-0.2, -0.15) is 0 Å². The Hall–Kier alpha value is -1.09. The van der Waals surface area contributed by atoms with Crippen molar-refractivity contribution in [3.05, 3.63) is 29.6 Å². The maximum absolute atomic E-state index is 14.0. The molecule has 1 aromatic rings. The van der Waals surface area contributed by atoms with Crippen LogP contribution in [0.1, 0.15) is 52.0 Å². The van der Waals surface area contributed by atoms with Gasteiger partial charge in [0, 0.05) is 12.1 Å². The van der Waals surface area contributed by atoms with Crippen molar-refractivity contribution in [1.82, 2.24) is 5.32 Å². The summed E-state index contributed by atoms with van der Waals surface area (Å²) in [6.07, 6.45) is 4.69. The Kier molecular flexibility index (Phi) is 4.46. The van der Waals surface area contributed by atoms with Gasteiger partial charge in [-0.1, -0.05) is 6.07 Å². The summed E-state index contributed by atoms with van der Waals surface area (Å²) < 4.78 is 19.7. The summed E-state index contributed by atoms with van der Waals surface area (Å²) in [5.41, 5.74) is 0.987. The fourth-order valence-electron chi connectivity index (χ4n) is 2.30. The number of nitrogens with one attached hydrogen (secondary N) is 1. The highest BCUT2D eigenvalue weighted by molar-refractivity contribution is 5.29. The zero-order valence-corrected chi connectivity index (χ0v) is 12.1. The van der Waals surface area contributed by atoms with Gasteiger partial charge < -0.3 is 10.1 Å². The summed E-state index contributed by atoms with van der Waals surface area (Å²) in [6.45, 7) is 6.97. The molecule has 0 amide bonds. The monoisotopic (exact) mass is 265 g/mol. The lowest BCUT2D eigenvalue weighted by atomic mass is 10.1. The molecule has 2 nitrogen and oxygen atoms in total. The van der Waals surface area contributed by atoms with Crippen molar-refractivity contribution >= 4 is 0 Å². The predicted octanol–water partition coefficient (Wildman–Crippen LogP) is 4.04. The fraction of sp³-hybridized carbons (Fsp3) is 0.625. The Bertz CT molecular complexity index is 419. The van der Waals surface area contributed by atoms with Gasteiger partial charge >= 0.3 is 0 Å². The van der Waals surface area contributed by atoms with Crippen LogP contribution in [0.5, 0.6) is 5.75 Å². The van der Waals surface area contributed by atoms with Crippen LogP contribution in [-0.2, 0) is 6.54 Å². The van der Waals surface area contributed by atoms with Crippen LogP contribution < -0.4 is 10.1 Å². The van der Waals surface area contributed by atoms with E-state index in [4.69, 9.17) is 4.74 Å². The summed E-state index contributed by atoms with van der Waals surface area (Å²) in [5.74, 6) is 0.145. The molecule has 0 saturated heterocycles. The molecule has 106 valence electrons. The van der Waals surface area contributed by atoms with Gasteiger partial charge in [0.25, 0.3) is 0 Å². The number of hydrogen-bond donors (Lipinski definition) is 1. The second-order valence-electron chi connectivity index (χ2n) is 6.39. The molecule has 1 N–H and O–H groups in total. The first-order chi connectivity index (χ1) is 8.94. The maximum atomic E-state index is 14.0. The Labute approximate surface area is 115 Å². The average molecular weight is 265 g/mol. The van der Waals surface area contributed by atoms with E-state index in [1.807, 2.05) is 6.07 Å². The molecule has 1 saturated carbocycles. The van der Waals surface area contributed by atoms with Gasteiger partial charge in [-0.3, -0.25) is 0 Å². The highest BCUT2D eigenvalue weighted by atomic mass is 19.1. The van der Waals surface area contributed by atoms with E-state index in [-0.39, 0.29) is 17.5 Å². The lowest BCUT2D eigenvalue weighted by Gasteiger charge is -2.21. The van der Waals surface area contributed by atoms with E-state index >= 15 is 0 Å². The molecule has 1 aliphatic carbocycles. The number of rotatable bonds is 4. The van der Waals surface area contributed by atoms with E-state index < -0.39 is 0 Å². The Morgan fingerprint density at radius 1 is 1.26 bits per heavy atom. The second-order valence-corrected chi connectivity index (χ2v) is 6.39. The molecular weight excluding hydrogens is 241 g/mol. The first-order valence-corrected chi connectivity index (χ1v) is 7.14. The van der Waals surface area contributed by atoms with Crippen LogP contribution in [0.15, 0.2) is 18.2 Å². The molecule has 0 spiro atoms. The lowest BCUT2D eigenvalue weighted by molar-refractivity contribution is 0.200. The highest BCUT2D eigenvalue weighted by Gasteiger charge is 2.18. The van der Waals surface area contributed by atoms with Crippen molar-refractivity contribution in [3.63, 3.8) is 0 Å². The Balaban J connectivity index is 1.96. The zero-order valence-electron chi connectivity index (χ0n) is 12.1. The third kappa shape index (κ3) is 4.50. The van der Waals surface area contributed by atoms with E-state index in [0.29, 0.717) is 12.3 Å². The van der Waals surface area contributed by atoms with Crippen LogP contribution in [0.4, 0.5) is 4.39 Å². The summed E-state index contributed by atoms with van der Waals surface area (Å²) in [5, 5.41) is 3.35. The average Bonchev–Trinajstić information content (AvgIpc) is 2.81. The molecule has 0 radical (unpaired) electrons. The minimum absolute atomic E-state index is 0.0372. The molecule has 0 aromatic heterocycles. The quantitative estimate of drug-likeness (QED) is 0.887. The van der Waals surface area contributed by atoms with Gasteiger partial charge in [-0.15, -0.1) is 0 Å². The normalized spacial score (nSPS) is 16.8. The summed E-state index contributed by atoms with van der Waals surface area (Å²) >= 11 is 0. The van der Waals surface area contributed by atoms with E-state index in [1.165, 1.54) is 12.8 Å². The highest BCUT2D eigenvalue weighted by Crippen LogP contribution is 2.26. The molecule has 0 aliphatic heterocycles. The van der Waals surface area contributed by atoms with Crippen molar-refractivity contribution in [2.45, 2.75) is 64.6 Å². The Morgan fingerprint density at radius 2 is 1.95 bits per heavy atom.